The van der Waals surface area contributed by atoms with E-state index in [1.807, 2.05) is 0 Å². The molecule has 0 amide bonds. The summed E-state index contributed by atoms with van der Waals surface area (Å²) < 4.78 is 48.8. The first kappa shape index (κ1) is 13.0. The fourth-order valence-corrected chi connectivity index (χ4v) is 1.66. The van der Waals surface area contributed by atoms with Gasteiger partial charge in [-0.05, 0) is 23.6 Å². The lowest BCUT2D eigenvalue weighted by molar-refractivity contribution is 0.505. The molecule has 1 aromatic rings. The van der Waals surface area contributed by atoms with Gasteiger partial charge in [0, 0.05) is 6.54 Å². The van der Waals surface area contributed by atoms with Crippen molar-refractivity contribution in [2.45, 2.75) is 12.8 Å². The summed E-state index contributed by atoms with van der Waals surface area (Å²) in [6.45, 7) is 1.70. The van der Waals surface area contributed by atoms with Crippen molar-refractivity contribution < 1.29 is 17.2 Å². The summed E-state index contributed by atoms with van der Waals surface area (Å²) in [7, 11) is -3.76. The van der Waals surface area contributed by atoms with Crippen LogP contribution in [0.1, 0.15) is 18.4 Å². The second-order valence-corrected chi connectivity index (χ2v) is 4.85. The van der Waals surface area contributed by atoms with E-state index in [-0.39, 0.29) is 12.5 Å². The Morgan fingerprint density at radius 1 is 1.38 bits per heavy atom. The summed E-state index contributed by atoms with van der Waals surface area (Å²) in [6.07, 6.45) is 0. The highest BCUT2D eigenvalue weighted by atomic mass is 32.2. The molecule has 0 aliphatic heterocycles. The Morgan fingerprint density at radius 2 is 2.00 bits per heavy atom. The molecule has 0 aliphatic rings. The fourth-order valence-electron chi connectivity index (χ4n) is 1.18. The SMILES string of the molecule is C[C@@H](CNS(N)(=O)=O)c1ccc(F)c(F)c1. The number of rotatable bonds is 4. The zero-order valence-corrected chi connectivity index (χ0v) is 9.39. The van der Waals surface area contributed by atoms with Gasteiger partial charge in [-0.3, -0.25) is 0 Å². The molecule has 0 spiro atoms. The zero-order chi connectivity index (χ0) is 12.3. The van der Waals surface area contributed by atoms with Crippen LogP contribution in [0.5, 0.6) is 0 Å². The molecule has 0 radical (unpaired) electrons. The van der Waals surface area contributed by atoms with E-state index in [0.29, 0.717) is 5.56 Å². The molecule has 0 saturated carbocycles. The van der Waals surface area contributed by atoms with Gasteiger partial charge in [-0.1, -0.05) is 13.0 Å². The summed E-state index contributed by atoms with van der Waals surface area (Å²) in [5, 5.41) is 4.74. The summed E-state index contributed by atoms with van der Waals surface area (Å²) in [5.74, 6) is -2.19. The van der Waals surface area contributed by atoms with Crippen LogP contribution >= 0.6 is 0 Å². The number of hydrogen-bond donors (Lipinski definition) is 2. The van der Waals surface area contributed by atoms with Crippen molar-refractivity contribution in [2.75, 3.05) is 6.54 Å². The van der Waals surface area contributed by atoms with E-state index in [4.69, 9.17) is 5.14 Å². The number of halogens is 2. The second kappa shape index (κ2) is 4.86. The first-order valence-electron chi connectivity index (χ1n) is 4.52. The third kappa shape index (κ3) is 3.84. The molecule has 0 saturated heterocycles. The van der Waals surface area contributed by atoms with Crippen LogP contribution < -0.4 is 9.86 Å². The van der Waals surface area contributed by atoms with Crippen LogP contribution in [0.3, 0.4) is 0 Å². The van der Waals surface area contributed by atoms with E-state index < -0.39 is 21.8 Å². The first-order valence-corrected chi connectivity index (χ1v) is 6.06. The average Bonchev–Trinajstić information content (AvgIpc) is 2.17. The summed E-state index contributed by atoms with van der Waals surface area (Å²) >= 11 is 0. The van der Waals surface area contributed by atoms with E-state index in [2.05, 4.69) is 4.72 Å². The Morgan fingerprint density at radius 3 is 2.50 bits per heavy atom. The Balaban J connectivity index is 2.73. The van der Waals surface area contributed by atoms with Crippen molar-refractivity contribution in [3.8, 4) is 0 Å². The molecule has 0 aliphatic carbocycles. The minimum absolute atomic E-state index is 0.0317. The number of nitrogens with one attached hydrogen (secondary N) is 1. The molecule has 1 atom stereocenters. The van der Waals surface area contributed by atoms with Gasteiger partial charge in [0.05, 0.1) is 0 Å². The van der Waals surface area contributed by atoms with E-state index in [1.54, 1.807) is 6.92 Å². The van der Waals surface area contributed by atoms with Gasteiger partial charge in [0.2, 0.25) is 0 Å². The van der Waals surface area contributed by atoms with Gasteiger partial charge in [-0.15, -0.1) is 0 Å². The zero-order valence-electron chi connectivity index (χ0n) is 8.57. The molecular weight excluding hydrogens is 238 g/mol. The molecule has 0 aromatic heterocycles. The highest BCUT2D eigenvalue weighted by Gasteiger charge is 2.11. The monoisotopic (exact) mass is 250 g/mol. The molecule has 0 bridgehead atoms. The minimum Gasteiger partial charge on any atom is -0.216 e. The normalized spacial score (nSPS) is 13.8. The first-order chi connectivity index (χ1) is 7.29. The third-order valence-electron chi connectivity index (χ3n) is 2.10. The summed E-state index contributed by atoms with van der Waals surface area (Å²) in [6, 6.07) is 3.43. The van der Waals surface area contributed by atoms with Crippen molar-refractivity contribution >= 4 is 10.2 Å². The number of nitrogens with two attached hydrogens (primary N) is 1. The van der Waals surface area contributed by atoms with Crippen LogP contribution in [0.25, 0.3) is 0 Å². The molecule has 7 heteroatoms. The maximum atomic E-state index is 12.9. The van der Waals surface area contributed by atoms with Crippen LogP contribution in [0, 0.1) is 11.6 Å². The van der Waals surface area contributed by atoms with Gasteiger partial charge in [0.1, 0.15) is 0 Å². The van der Waals surface area contributed by atoms with Crippen molar-refractivity contribution in [1.29, 1.82) is 0 Å². The third-order valence-corrected chi connectivity index (χ3v) is 2.67. The van der Waals surface area contributed by atoms with Crippen LogP contribution in [0.4, 0.5) is 8.78 Å². The number of hydrogen-bond acceptors (Lipinski definition) is 2. The summed E-state index contributed by atoms with van der Waals surface area (Å²) in [4.78, 5) is 0. The molecule has 16 heavy (non-hydrogen) atoms. The molecule has 4 nitrogen and oxygen atoms in total. The van der Waals surface area contributed by atoms with Gasteiger partial charge in [0.15, 0.2) is 11.6 Å². The molecule has 3 N–H and O–H groups in total. The maximum absolute atomic E-state index is 12.9. The van der Waals surface area contributed by atoms with Gasteiger partial charge < -0.3 is 0 Å². The van der Waals surface area contributed by atoms with E-state index >= 15 is 0 Å². The topological polar surface area (TPSA) is 72.2 Å². The molecule has 1 rings (SSSR count). The van der Waals surface area contributed by atoms with Gasteiger partial charge >= 0.3 is 0 Å². The number of benzene rings is 1. The average molecular weight is 250 g/mol. The Bertz CT molecular complexity index is 476. The fraction of sp³-hybridized carbons (Fsp3) is 0.333. The molecule has 0 unspecified atom stereocenters. The smallest absolute Gasteiger partial charge is 0.216 e. The molecule has 0 heterocycles. The lowest BCUT2D eigenvalue weighted by Crippen LogP contribution is -2.33. The van der Waals surface area contributed by atoms with E-state index in [1.165, 1.54) is 6.07 Å². The lowest BCUT2D eigenvalue weighted by Gasteiger charge is -2.12. The quantitative estimate of drug-likeness (QED) is 0.832. The van der Waals surface area contributed by atoms with Crippen molar-refractivity contribution in [3.63, 3.8) is 0 Å². The highest BCUT2D eigenvalue weighted by Crippen LogP contribution is 2.17. The van der Waals surface area contributed by atoms with Gasteiger partial charge in [0.25, 0.3) is 10.2 Å². The molecule has 0 fully saturated rings. The van der Waals surface area contributed by atoms with E-state index in [9.17, 15) is 17.2 Å². The predicted octanol–water partition coefficient (Wildman–Crippen LogP) is 0.861. The second-order valence-electron chi connectivity index (χ2n) is 3.47. The molecule has 90 valence electrons. The van der Waals surface area contributed by atoms with Crippen molar-refractivity contribution in [2.24, 2.45) is 5.14 Å². The standard InChI is InChI=1S/C9H12F2N2O2S/c1-6(5-13-16(12,14)15)7-2-3-8(10)9(11)4-7/h2-4,6,13H,5H2,1H3,(H2,12,14,15)/t6-/m0/s1. The van der Waals surface area contributed by atoms with Crippen LogP contribution in [-0.4, -0.2) is 15.0 Å². The maximum Gasteiger partial charge on any atom is 0.274 e. The van der Waals surface area contributed by atoms with Gasteiger partial charge in [-0.2, -0.15) is 8.42 Å². The molecular formula is C9H12F2N2O2S. The lowest BCUT2D eigenvalue weighted by atomic mass is 10.0. The Hall–Kier alpha value is -1.05. The highest BCUT2D eigenvalue weighted by molar-refractivity contribution is 7.87. The minimum atomic E-state index is -3.76. The van der Waals surface area contributed by atoms with Gasteiger partial charge in [-0.25, -0.2) is 18.6 Å². The Labute approximate surface area is 92.6 Å². The van der Waals surface area contributed by atoms with Crippen molar-refractivity contribution in [1.82, 2.24) is 4.72 Å². The van der Waals surface area contributed by atoms with E-state index in [0.717, 1.165) is 12.1 Å². The van der Waals surface area contributed by atoms with Crippen LogP contribution in [-0.2, 0) is 10.2 Å². The largest absolute Gasteiger partial charge is 0.274 e. The predicted molar refractivity (Wildman–Crippen MR) is 55.9 cm³/mol. The van der Waals surface area contributed by atoms with Crippen LogP contribution in [0.15, 0.2) is 18.2 Å². The Kier molecular flexibility index (Phi) is 3.95. The van der Waals surface area contributed by atoms with Crippen LogP contribution in [0.2, 0.25) is 0 Å². The summed E-state index contributed by atoms with van der Waals surface area (Å²) in [5.41, 5.74) is 0.495. The molecule has 1 aromatic carbocycles. The van der Waals surface area contributed by atoms with Crippen molar-refractivity contribution in [3.05, 3.63) is 35.4 Å².